The first-order valence-electron chi connectivity index (χ1n) is 5.84. The molecule has 1 fully saturated rings. The smallest absolute Gasteiger partial charge is 0.140 e. The zero-order valence-electron chi connectivity index (χ0n) is 9.52. The van der Waals surface area contributed by atoms with Crippen LogP contribution < -0.4 is 5.73 Å². The minimum Gasteiger partial charge on any atom is -0.321 e. The van der Waals surface area contributed by atoms with Gasteiger partial charge in [-0.25, -0.2) is 4.39 Å². The molecule has 0 amide bonds. The molecule has 0 unspecified atom stereocenters. The van der Waals surface area contributed by atoms with Gasteiger partial charge in [0.15, 0.2) is 0 Å². The fourth-order valence-electron chi connectivity index (χ4n) is 2.49. The molecule has 3 heteroatoms. The van der Waals surface area contributed by atoms with Gasteiger partial charge in [0.05, 0.1) is 4.47 Å². The van der Waals surface area contributed by atoms with Gasteiger partial charge >= 0.3 is 0 Å². The summed E-state index contributed by atoms with van der Waals surface area (Å²) in [6, 6.07) is 3.78. The Kier molecular flexibility index (Phi) is 3.36. The summed E-state index contributed by atoms with van der Waals surface area (Å²) in [5.74, 6) is -0.146. The maximum atomic E-state index is 13.7. The van der Waals surface area contributed by atoms with Crippen molar-refractivity contribution in [2.75, 3.05) is 0 Å². The van der Waals surface area contributed by atoms with Crippen LogP contribution in [-0.2, 0) is 12.0 Å². The topological polar surface area (TPSA) is 26.0 Å². The fraction of sp³-hybridized carbons (Fsp3) is 0.538. The minimum atomic E-state index is -0.236. The number of aryl methyl sites for hydroxylation is 1. The summed E-state index contributed by atoms with van der Waals surface area (Å²) in [5.41, 5.74) is 7.97. The molecule has 0 radical (unpaired) electrons. The van der Waals surface area contributed by atoms with Gasteiger partial charge in [-0.1, -0.05) is 25.8 Å². The number of halogens is 2. The van der Waals surface area contributed by atoms with Gasteiger partial charge in [0.25, 0.3) is 0 Å². The average Bonchev–Trinajstić information content (AvgIpc) is 2.70. The lowest BCUT2D eigenvalue weighted by Crippen LogP contribution is -2.33. The lowest BCUT2D eigenvalue weighted by molar-refractivity contribution is 0.459. The Morgan fingerprint density at radius 2 is 2.00 bits per heavy atom. The molecule has 1 aliphatic rings. The van der Waals surface area contributed by atoms with E-state index in [1.807, 2.05) is 19.1 Å². The highest BCUT2D eigenvalue weighted by molar-refractivity contribution is 9.10. The molecule has 0 bridgehead atoms. The second kappa shape index (κ2) is 4.46. The van der Waals surface area contributed by atoms with E-state index in [0.717, 1.165) is 24.0 Å². The predicted molar refractivity (Wildman–Crippen MR) is 67.8 cm³/mol. The number of hydrogen-bond acceptors (Lipinski definition) is 1. The van der Waals surface area contributed by atoms with Gasteiger partial charge in [0, 0.05) is 5.54 Å². The second-order valence-corrected chi connectivity index (χ2v) is 5.50. The molecule has 1 aliphatic carbocycles. The Morgan fingerprint density at radius 3 is 2.56 bits per heavy atom. The van der Waals surface area contributed by atoms with Crippen LogP contribution in [0.1, 0.15) is 43.7 Å². The first-order valence-corrected chi connectivity index (χ1v) is 6.63. The van der Waals surface area contributed by atoms with Crippen LogP contribution in [0.25, 0.3) is 0 Å². The zero-order chi connectivity index (χ0) is 11.8. The van der Waals surface area contributed by atoms with Gasteiger partial charge in [0.1, 0.15) is 5.82 Å². The summed E-state index contributed by atoms with van der Waals surface area (Å²) in [5, 5.41) is 0. The molecule has 1 aromatic rings. The predicted octanol–water partition coefficient (Wildman–Crippen LogP) is 3.88. The standard InChI is InChI=1S/C13H17BrFN/c1-2-9-7-10(8-11(14)12(9)15)13(16)5-3-4-6-13/h7-8H,2-6,16H2,1H3. The highest BCUT2D eigenvalue weighted by Gasteiger charge is 2.32. The highest BCUT2D eigenvalue weighted by atomic mass is 79.9. The quantitative estimate of drug-likeness (QED) is 0.877. The summed E-state index contributed by atoms with van der Waals surface area (Å²) in [6.07, 6.45) is 5.07. The van der Waals surface area contributed by atoms with Gasteiger partial charge in [-0.05, 0) is 52.4 Å². The molecule has 0 spiro atoms. The molecule has 1 saturated carbocycles. The second-order valence-electron chi connectivity index (χ2n) is 4.65. The Morgan fingerprint density at radius 1 is 1.38 bits per heavy atom. The van der Waals surface area contributed by atoms with Crippen LogP contribution in [0.5, 0.6) is 0 Å². The van der Waals surface area contributed by atoms with Gasteiger partial charge in [-0.2, -0.15) is 0 Å². The Bertz CT molecular complexity index is 397. The largest absolute Gasteiger partial charge is 0.321 e. The number of nitrogens with two attached hydrogens (primary N) is 1. The molecule has 0 aromatic heterocycles. The van der Waals surface area contributed by atoms with Crippen molar-refractivity contribution >= 4 is 15.9 Å². The molecular weight excluding hydrogens is 269 g/mol. The molecule has 2 rings (SSSR count). The van der Waals surface area contributed by atoms with E-state index >= 15 is 0 Å². The van der Waals surface area contributed by atoms with Crippen molar-refractivity contribution in [3.05, 3.63) is 33.5 Å². The molecule has 1 aromatic carbocycles. The van der Waals surface area contributed by atoms with Crippen molar-refractivity contribution in [3.63, 3.8) is 0 Å². The summed E-state index contributed by atoms with van der Waals surface area (Å²) in [4.78, 5) is 0. The Labute approximate surface area is 104 Å². The molecule has 1 nitrogen and oxygen atoms in total. The van der Waals surface area contributed by atoms with Crippen LogP contribution in [0.15, 0.2) is 16.6 Å². The van der Waals surface area contributed by atoms with Crippen LogP contribution in [0, 0.1) is 5.82 Å². The van der Waals surface area contributed by atoms with Crippen molar-refractivity contribution in [2.24, 2.45) is 5.73 Å². The number of rotatable bonds is 2. The molecule has 2 N–H and O–H groups in total. The summed E-state index contributed by atoms with van der Waals surface area (Å²) in [6.45, 7) is 1.96. The maximum Gasteiger partial charge on any atom is 0.140 e. The van der Waals surface area contributed by atoms with E-state index in [0.29, 0.717) is 10.9 Å². The molecule has 16 heavy (non-hydrogen) atoms. The van der Waals surface area contributed by atoms with E-state index in [-0.39, 0.29) is 11.4 Å². The van der Waals surface area contributed by atoms with E-state index in [1.165, 1.54) is 12.8 Å². The first kappa shape index (κ1) is 12.1. The van der Waals surface area contributed by atoms with Crippen LogP contribution in [-0.4, -0.2) is 0 Å². The van der Waals surface area contributed by atoms with Crippen molar-refractivity contribution < 1.29 is 4.39 Å². The molecular formula is C13H17BrFN. The average molecular weight is 286 g/mol. The van der Waals surface area contributed by atoms with Gasteiger partial charge < -0.3 is 5.73 Å². The Balaban J connectivity index is 2.45. The zero-order valence-corrected chi connectivity index (χ0v) is 11.1. The van der Waals surface area contributed by atoms with Gasteiger partial charge in [0.2, 0.25) is 0 Å². The third kappa shape index (κ3) is 2.03. The third-order valence-corrected chi connectivity index (χ3v) is 4.13. The van der Waals surface area contributed by atoms with Crippen molar-refractivity contribution in [1.29, 1.82) is 0 Å². The Hall–Kier alpha value is -0.410. The normalized spacial score (nSPS) is 19.0. The van der Waals surface area contributed by atoms with Crippen LogP contribution in [0.3, 0.4) is 0 Å². The third-order valence-electron chi connectivity index (χ3n) is 3.56. The summed E-state index contributed by atoms with van der Waals surface area (Å²) < 4.78 is 14.2. The number of hydrogen-bond donors (Lipinski definition) is 1. The summed E-state index contributed by atoms with van der Waals surface area (Å²) in [7, 11) is 0. The van der Waals surface area contributed by atoms with E-state index in [1.54, 1.807) is 0 Å². The van der Waals surface area contributed by atoms with Crippen molar-refractivity contribution in [2.45, 2.75) is 44.6 Å². The fourth-order valence-corrected chi connectivity index (χ4v) is 2.99. The maximum absolute atomic E-state index is 13.7. The van der Waals surface area contributed by atoms with E-state index < -0.39 is 0 Å². The first-order chi connectivity index (χ1) is 7.57. The van der Waals surface area contributed by atoms with E-state index in [9.17, 15) is 4.39 Å². The monoisotopic (exact) mass is 285 g/mol. The molecule has 0 atom stereocenters. The van der Waals surface area contributed by atoms with Crippen LogP contribution >= 0.6 is 15.9 Å². The molecule has 0 heterocycles. The number of benzene rings is 1. The molecule has 0 saturated heterocycles. The van der Waals surface area contributed by atoms with Gasteiger partial charge in [-0.3, -0.25) is 0 Å². The van der Waals surface area contributed by atoms with Crippen molar-refractivity contribution in [3.8, 4) is 0 Å². The van der Waals surface area contributed by atoms with Crippen LogP contribution in [0.4, 0.5) is 4.39 Å². The van der Waals surface area contributed by atoms with Gasteiger partial charge in [-0.15, -0.1) is 0 Å². The van der Waals surface area contributed by atoms with E-state index in [4.69, 9.17) is 5.73 Å². The lowest BCUT2D eigenvalue weighted by atomic mass is 9.88. The minimum absolute atomic E-state index is 0.146. The molecule has 88 valence electrons. The van der Waals surface area contributed by atoms with Crippen LogP contribution in [0.2, 0.25) is 0 Å². The highest BCUT2D eigenvalue weighted by Crippen LogP contribution is 2.38. The van der Waals surface area contributed by atoms with E-state index in [2.05, 4.69) is 15.9 Å². The SMILES string of the molecule is CCc1cc(C2(N)CCCC2)cc(Br)c1F. The van der Waals surface area contributed by atoms with Crippen molar-refractivity contribution in [1.82, 2.24) is 0 Å². The summed E-state index contributed by atoms with van der Waals surface area (Å²) >= 11 is 3.28. The lowest BCUT2D eigenvalue weighted by Gasteiger charge is -2.25. The molecule has 0 aliphatic heterocycles.